The molecule has 1 aromatic carbocycles. The Labute approximate surface area is 152 Å². The third-order valence-electron chi connectivity index (χ3n) is 5.00. The van der Waals surface area contributed by atoms with Gasteiger partial charge in [-0.15, -0.1) is 0 Å². The summed E-state index contributed by atoms with van der Waals surface area (Å²) in [6, 6.07) is 9.78. The maximum atomic E-state index is 12.6. The second-order valence-corrected chi connectivity index (χ2v) is 6.74. The number of aromatic amines is 1. The second-order valence-electron chi connectivity index (χ2n) is 6.74. The lowest BCUT2D eigenvalue weighted by Gasteiger charge is -2.39. The van der Waals surface area contributed by atoms with Crippen LogP contribution >= 0.6 is 0 Å². The zero-order chi connectivity index (χ0) is 18.1. The normalized spacial score (nSPS) is 21.2. The molecule has 2 aromatic heterocycles. The quantitative estimate of drug-likeness (QED) is 0.749. The van der Waals surface area contributed by atoms with Crippen LogP contribution in [0.3, 0.4) is 0 Å². The number of hydrogen-bond donors (Lipinski definition) is 2. The lowest BCUT2D eigenvalue weighted by Crippen LogP contribution is -2.48. The van der Waals surface area contributed by atoms with E-state index in [1.54, 1.807) is 6.33 Å². The molecule has 7 heteroatoms. The van der Waals surface area contributed by atoms with Crippen molar-refractivity contribution in [1.29, 1.82) is 0 Å². The van der Waals surface area contributed by atoms with Gasteiger partial charge in [-0.05, 0) is 19.2 Å². The van der Waals surface area contributed by atoms with E-state index in [2.05, 4.69) is 27.2 Å². The number of morpholine rings is 1. The summed E-state index contributed by atoms with van der Waals surface area (Å²) < 4.78 is 7.98. The molecule has 1 amide bonds. The molecule has 1 aliphatic heterocycles. The molecule has 26 heavy (non-hydrogen) atoms. The van der Waals surface area contributed by atoms with Crippen LogP contribution in [-0.4, -0.2) is 58.2 Å². The predicted octanol–water partition coefficient (Wildman–Crippen LogP) is 1.70. The Kier molecular flexibility index (Phi) is 4.48. The number of benzene rings is 1. The fraction of sp³-hybridized carbons (Fsp3) is 0.368. The van der Waals surface area contributed by atoms with Crippen LogP contribution in [-0.2, 0) is 11.8 Å². The third kappa shape index (κ3) is 3.11. The van der Waals surface area contributed by atoms with Gasteiger partial charge in [-0.25, -0.2) is 4.98 Å². The molecular formula is C19H23N5O2. The number of aromatic nitrogens is 3. The highest BCUT2D eigenvalue weighted by molar-refractivity contribution is 5.97. The summed E-state index contributed by atoms with van der Waals surface area (Å²) in [5.41, 5.74) is 2.60. The van der Waals surface area contributed by atoms with E-state index >= 15 is 0 Å². The van der Waals surface area contributed by atoms with E-state index in [1.165, 1.54) is 0 Å². The number of fused-ring (bicyclic) bond motifs is 1. The van der Waals surface area contributed by atoms with E-state index in [0.717, 1.165) is 23.1 Å². The molecule has 0 aliphatic carbocycles. The van der Waals surface area contributed by atoms with E-state index in [4.69, 9.17) is 4.74 Å². The zero-order valence-corrected chi connectivity index (χ0v) is 15.0. The van der Waals surface area contributed by atoms with Crippen molar-refractivity contribution in [2.75, 3.05) is 26.7 Å². The minimum atomic E-state index is -0.127. The number of nitrogens with one attached hydrogen (secondary N) is 2. The minimum Gasteiger partial charge on any atom is -0.373 e. The van der Waals surface area contributed by atoms with Crippen molar-refractivity contribution in [2.24, 2.45) is 7.05 Å². The third-order valence-corrected chi connectivity index (χ3v) is 5.00. The summed E-state index contributed by atoms with van der Waals surface area (Å²) in [5, 5.41) is 4.04. The summed E-state index contributed by atoms with van der Waals surface area (Å²) in [5.74, 6) is -0.123. The van der Waals surface area contributed by atoms with Gasteiger partial charge in [0.2, 0.25) is 0 Å². The van der Waals surface area contributed by atoms with E-state index in [0.29, 0.717) is 18.8 Å². The average Bonchev–Trinajstić information content (AvgIpc) is 3.26. The van der Waals surface area contributed by atoms with Gasteiger partial charge in [0.15, 0.2) is 0 Å². The molecule has 0 radical (unpaired) electrons. The Morgan fingerprint density at radius 2 is 2.23 bits per heavy atom. The lowest BCUT2D eigenvalue weighted by molar-refractivity contribution is -0.0626. The Hall–Kier alpha value is -2.64. The van der Waals surface area contributed by atoms with Crippen LogP contribution in [0, 0.1) is 0 Å². The number of rotatable bonds is 4. The maximum absolute atomic E-state index is 12.6. The monoisotopic (exact) mass is 353 g/mol. The Balaban J connectivity index is 1.48. The van der Waals surface area contributed by atoms with Gasteiger partial charge in [-0.3, -0.25) is 9.69 Å². The molecule has 4 rings (SSSR count). The Morgan fingerprint density at radius 3 is 3.00 bits per heavy atom. The van der Waals surface area contributed by atoms with Gasteiger partial charge < -0.3 is 19.6 Å². The number of hydrogen-bond acceptors (Lipinski definition) is 4. The molecule has 0 unspecified atom stereocenters. The standard InChI is InChI=1S/C19H23N5O2/c1-23-7-8-26-17(18(23)16-10-20-12-24(16)2)11-21-19(25)15-9-13-5-3-4-6-14(13)22-15/h3-6,9-10,12,17-18,22H,7-8,11H2,1-2H3,(H,21,25)/t17-,18-/m0/s1. The highest BCUT2D eigenvalue weighted by Gasteiger charge is 2.33. The summed E-state index contributed by atoms with van der Waals surface area (Å²) in [6.07, 6.45) is 3.53. The number of carbonyl (C=O) groups excluding carboxylic acids is 1. The average molecular weight is 353 g/mol. The van der Waals surface area contributed by atoms with Crippen molar-refractivity contribution in [3.63, 3.8) is 0 Å². The molecule has 1 saturated heterocycles. The smallest absolute Gasteiger partial charge is 0.267 e. The highest BCUT2D eigenvalue weighted by atomic mass is 16.5. The summed E-state index contributed by atoms with van der Waals surface area (Å²) >= 11 is 0. The van der Waals surface area contributed by atoms with E-state index in [-0.39, 0.29) is 18.1 Å². The largest absolute Gasteiger partial charge is 0.373 e. The molecular weight excluding hydrogens is 330 g/mol. The molecule has 3 heterocycles. The predicted molar refractivity (Wildman–Crippen MR) is 99.0 cm³/mol. The molecule has 3 aromatic rings. The number of carbonyl (C=O) groups is 1. The first-order valence-electron chi connectivity index (χ1n) is 8.77. The number of H-pyrrole nitrogens is 1. The van der Waals surface area contributed by atoms with Crippen LogP contribution in [0.5, 0.6) is 0 Å². The molecule has 2 N–H and O–H groups in total. The molecule has 1 aliphatic rings. The number of likely N-dealkylation sites (N-methyl/N-ethyl adjacent to an activating group) is 1. The number of nitrogens with zero attached hydrogens (tertiary/aromatic N) is 3. The van der Waals surface area contributed by atoms with Crippen LogP contribution in [0.2, 0.25) is 0 Å². The van der Waals surface area contributed by atoms with Gasteiger partial charge in [0, 0.05) is 37.2 Å². The molecule has 0 bridgehead atoms. The van der Waals surface area contributed by atoms with Gasteiger partial charge in [-0.2, -0.15) is 0 Å². The lowest BCUT2D eigenvalue weighted by atomic mass is 10.0. The topological polar surface area (TPSA) is 75.2 Å². The fourth-order valence-corrected chi connectivity index (χ4v) is 3.59. The SMILES string of the molecule is CN1CCO[C@@H](CNC(=O)c2cc3ccccc3[nH]2)[C@@H]1c1cncn1C. The molecule has 7 nitrogen and oxygen atoms in total. The van der Waals surface area contributed by atoms with E-state index < -0.39 is 0 Å². The van der Waals surface area contributed by atoms with Crippen molar-refractivity contribution >= 4 is 16.8 Å². The second kappa shape index (κ2) is 6.93. The first kappa shape index (κ1) is 16.8. The first-order chi connectivity index (χ1) is 12.6. The van der Waals surface area contributed by atoms with Gasteiger partial charge >= 0.3 is 0 Å². The molecule has 0 saturated carbocycles. The summed E-state index contributed by atoms with van der Waals surface area (Å²) in [4.78, 5) is 22.2. The molecule has 136 valence electrons. The van der Waals surface area contributed by atoms with Crippen LogP contribution in [0.15, 0.2) is 42.9 Å². The van der Waals surface area contributed by atoms with Crippen LogP contribution in [0.25, 0.3) is 10.9 Å². The number of amides is 1. The Morgan fingerprint density at radius 1 is 1.38 bits per heavy atom. The van der Waals surface area contributed by atoms with E-state index in [9.17, 15) is 4.79 Å². The number of ether oxygens (including phenoxy) is 1. The highest BCUT2D eigenvalue weighted by Crippen LogP contribution is 2.27. The van der Waals surface area contributed by atoms with Gasteiger partial charge in [0.1, 0.15) is 5.69 Å². The fourth-order valence-electron chi connectivity index (χ4n) is 3.59. The molecule has 1 fully saturated rings. The van der Waals surface area contributed by atoms with Gasteiger partial charge in [0.05, 0.1) is 30.8 Å². The van der Waals surface area contributed by atoms with Crippen molar-refractivity contribution in [2.45, 2.75) is 12.1 Å². The van der Waals surface area contributed by atoms with Gasteiger partial charge in [0.25, 0.3) is 5.91 Å². The molecule has 0 spiro atoms. The number of para-hydroxylation sites is 1. The summed E-state index contributed by atoms with van der Waals surface area (Å²) in [6.45, 7) is 1.94. The van der Waals surface area contributed by atoms with Crippen molar-refractivity contribution in [3.05, 3.63) is 54.2 Å². The van der Waals surface area contributed by atoms with Crippen molar-refractivity contribution in [3.8, 4) is 0 Å². The van der Waals surface area contributed by atoms with Crippen molar-refractivity contribution < 1.29 is 9.53 Å². The summed E-state index contributed by atoms with van der Waals surface area (Å²) in [7, 11) is 4.05. The number of imidazole rings is 1. The minimum absolute atomic E-state index is 0.0549. The van der Waals surface area contributed by atoms with Crippen LogP contribution in [0.1, 0.15) is 22.2 Å². The van der Waals surface area contributed by atoms with Crippen LogP contribution < -0.4 is 5.32 Å². The number of aryl methyl sites for hydroxylation is 1. The van der Waals surface area contributed by atoms with Gasteiger partial charge in [-0.1, -0.05) is 18.2 Å². The zero-order valence-electron chi connectivity index (χ0n) is 15.0. The van der Waals surface area contributed by atoms with Crippen molar-refractivity contribution in [1.82, 2.24) is 24.8 Å². The Bertz CT molecular complexity index is 882. The first-order valence-corrected chi connectivity index (χ1v) is 8.77. The molecule has 2 atom stereocenters. The van der Waals surface area contributed by atoms with Crippen LogP contribution in [0.4, 0.5) is 0 Å². The maximum Gasteiger partial charge on any atom is 0.267 e. The van der Waals surface area contributed by atoms with E-state index in [1.807, 2.05) is 48.1 Å².